The molecule has 3 N–H and O–H groups in total. The Bertz CT molecular complexity index is 1390. The molecule has 0 bridgehead atoms. The third-order valence-electron chi connectivity index (χ3n) is 6.33. The van der Waals surface area contributed by atoms with Crippen molar-refractivity contribution >= 4 is 23.2 Å². The standard InChI is InChI=1S/C23H25N9O3/c1-13(33)19-20(15-5-7-30(8-6-15)23(35)14(2)34)29-22-17(10-27-32(22)21(19)24)16-3-4-18(26-9-16)31-12-25-11-28-31/h3-4,9-12,14-15,34H,5-8,24H2,1-2H3/t14-/m1/s1. The van der Waals surface area contributed by atoms with Crippen molar-refractivity contribution in [2.24, 2.45) is 0 Å². The maximum absolute atomic E-state index is 12.6. The van der Waals surface area contributed by atoms with Crippen molar-refractivity contribution in [1.29, 1.82) is 0 Å². The zero-order valence-electron chi connectivity index (χ0n) is 19.4. The van der Waals surface area contributed by atoms with E-state index in [1.165, 1.54) is 24.7 Å². The molecule has 1 aliphatic rings. The molecule has 4 aromatic rings. The van der Waals surface area contributed by atoms with Crippen LogP contribution in [0.15, 0.2) is 37.2 Å². The lowest BCUT2D eigenvalue weighted by Crippen LogP contribution is -2.42. The van der Waals surface area contributed by atoms with Crippen LogP contribution < -0.4 is 5.73 Å². The molecule has 1 fully saturated rings. The van der Waals surface area contributed by atoms with Gasteiger partial charge in [0.1, 0.15) is 24.6 Å². The number of hydrogen-bond acceptors (Lipinski definition) is 9. The van der Waals surface area contributed by atoms with Crippen LogP contribution in [0.3, 0.4) is 0 Å². The minimum absolute atomic E-state index is 0.0604. The van der Waals surface area contributed by atoms with E-state index in [0.717, 1.165) is 11.1 Å². The van der Waals surface area contributed by atoms with Gasteiger partial charge in [0, 0.05) is 36.3 Å². The summed E-state index contributed by atoms with van der Waals surface area (Å²) in [5.74, 6) is 0.310. The van der Waals surface area contributed by atoms with E-state index in [1.54, 1.807) is 28.3 Å². The molecule has 5 rings (SSSR count). The van der Waals surface area contributed by atoms with Crippen LogP contribution in [0.25, 0.3) is 22.6 Å². The van der Waals surface area contributed by atoms with Crippen molar-refractivity contribution in [1.82, 2.24) is 39.2 Å². The van der Waals surface area contributed by atoms with E-state index in [-0.39, 0.29) is 23.4 Å². The number of amides is 1. The molecule has 1 amide bonds. The van der Waals surface area contributed by atoms with Crippen LogP contribution >= 0.6 is 0 Å². The molecule has 4 aromatic heterocycles. The number of carbonyl (C=O) groups excluding carboxylic acids is 2. The van der Waals surface area contributed by atoms with Gasteiger partial charge in [0.15, 0.2) is 17.2 Å². The first-order valence-corrected chi connectivity index (χ1v) is 11.3. The molecule has 35 heavy (non-hydrogen) atoms. The van der Waals surface area contributed by atoms with Gasteiger partial charge in [-0.1, -0.05) is 0 Å². The Morgan fingerprint density at radius 2 is 1.94 bits per heavy atom. The first-order chi connectivity index (χ1) is 16.8. The monoisotopic (exact) mass is 475 g/mol. The number of Topliss-reactive ketones (excluding diaryl/α,β-unsaturated/α-hetero) is 1. The molecule has 180 valence electrons. The molecular formula is C23H25N9O3. The van der Waals surface area contributed by atoms with Gasteiger partial charge in [-0.05, 0) is 38.8 Å². The molecule has 0 saturated carbocycles. The van der Waals surface area contributed by atoms with Gasteiger partial charge in [-0.3, -0.25) is 9.59 Å². The Balaban J connectivity index is 1.53. The van der Waals surface area contributed by atoms with Crippen LogP contribution in [0.2, 0.25) is 0 Å². The molecule has 0 aliphatic carbocycles. The van der Waals surface area contributed by atoms with Gasteiger partial charge in [0.2, 0.25) is 0 Å². The molecule has 0 radical (unpaired) electrons. The van der Waals surface area contributed by atoms with Gasteiger partial charge >= 0.3 is 0 Å². The summed E-state index contributed by atoms with van der Waals surface area (Å²) in [5.41, 5.74) is 9.44. The van der Waals surface area contributed by atoms with Crippen LogP contribution in [0, 0.1) is 0 Å². The van der Waals surface area contributed by atoms with Gasteiger partial charge in [-0.15, -0.1) is 0 Å². The highest BCUT2D eigenvalue weighted by Gasteiger charge is 2.31. The minimum atomic E-state index is -1.04. The van der Waals surface area contributed by atoms with Crippen molar-refractivity contribution < 1.29 is 14.7 Å². The van der Waals surface area contributed by atoms with Gasteiger partial charge in [-0.2, -0.15) is 14.7 Å². The Morgan fingerprint density at radius 3 is 2.54 bits per heavy atom. The first-order valence-electron chi connectivity index (χ1n) is 11.3. The number of pyridine rings is 1. The first kappa shape index (κ1) is 22.6. The van der Waals surface area contributed by atoms with Crippen LogP contribution in [0.1, 0.15) is 48.7 Å². The molecule has 1 atom stereocenters. The highest BCUT2D eigenvalue weighted by molar-refractivity contribution is 6.00. The number of fused-ring (bicyclic) bond motifs is 1. The van der Waals surface area contributed by atoms with Crippen molar-refractivity contribution in [3.8, 4) is 16.9 Å². The fourth-order valence-electron chi connectivity index (χ4n) is 4.54. The number of nitrogen functional groups attached to an aromatic ring is 1. The highest BCUT2D eigenvalue weighted by atomic mass is 16.3. The Kier molecular flexibility index (Phi) is 5.73. The summed E-state index contributed by atoms with van der Waals surface area (Å²) < 4.78 is 3.04. The number of anilines is 1. The highest BCUT2D eigenvalue weighted by Crippen LogP contribution is 2.34. The second-order valence-corrected chi connectivity index (χ2v) is 8.63. The SMILES string of the molecule is CC(=O)c1c(C2CCN(C(=O)[C@@H](C)O)CC2)nc2c(-c3ccc(-n4cncn4)nc3)cnn2c1N. The smallest absolute Gasteiger partial charge is 0.251 e. The van der Waals surface area contributed by atoms with Gasteiger partial charge in [-0.25, -0.2) is 19.6 Å². The predicted octanol–water partition coefficient (Wildman–Crippen LogP) is 1.24. The molecule has 12 nitrogen and oxygen atoms in total. The Hall–Kier alpha value is -4.19. The number of nitrogens with zero attached hydrogens (tertiary/aromatic N) is 8. The molecule has 0 aromatic carbocycles. The predicted molar refractivity (Wildman–Crippen MR) is 126 cm³/mol. The van der Waals surface area contributed by atoms with Crippen molar-refractivity contribution in [3.63, 3.8) is 0 Å². The maximum Gasteiger partial charge on any atom is 0.251 e. The lowest BCUT2D eigenvalue weighted by atomic mass is 9.89. The van der Waals surface area contributed by atoms with Gasteiger partial charge in [0.25, 0.3) is 5.91 Å². The summed E-state index contributed by atoms with van der Waals surface area (Å²) in [6.07, 6.45) is 6.54. The van der Waals surface area contributed by atoms with Crippen LogP contribution in [-0.4, -0.2) is 75.2 Å². The van der Waals surface area contributed by atoms with Crippen LogP contribution in [0.5, 0.6) is 0 Å². The Labute approximate surface area is 200 Å². The van der Waals surface area contributed by atoms with Crippen LogP contribution in [-0.2, 0) is 4.79 Å². The second-order valence-electron chi connectivity index (χ2n) is 8.63. The lowest BCUT2D eigenvalue weighted by Gasteiger charge is -2.33. The number of rotatable bonds is 5. The molecule has 0 unspecified atom stereocenters. The molecular weight excluding hydrogens is 450 g/mol. The normalized spacial score (nSPS) is 15.5. The minimum Gasteiger partial charge on any atom is -0.384 e. The molecule has 0 spiro atoms. The molecule has 1 aliphatic heterocycles. The van der Waals surface area contributed by atoms with E-state index >= 15 is 0 Å². The largest absolute Gasteiger partial charge is 0.384 e. The van der Waals surface area contributed by atoms with E-state index in [1.807, 2.05) is 12.1 Å². The molecule has 12 heteroatoms. The maximum atomic E-state index is 12.6. The number of carbonyl (C=O) groups is 2. The summed E-state index contributed by atoms with van der Waals surface area (Å²) in [7, 11) is 0. The number of piperidine rings is 1. The summed E-state index contributed by atoms with van der Waals surface area (Å²) >= 11 is 0. The molecule has 5 heterocycles. The van der Waals surface area contributed by atoms with Gasteiger partial charge in [0.05, 0.1) is 17.5 Å². The average molecular weight is 476 g/mol. The van der Waals surface area contributed by atoms with E-state index in [0.29, 0.717) is 48.7 Å². The number of likely N-dealkylation sites (tertiary alicyclic amines) is 1. The molecule has 1 saturated heterocycles. The van der Waals surface area contributed by atoms with Crippen LogP contribution in [0.4, 0.5) is 5.82 Å². The topological polar surface area (TPSA) is 157 Å². The number of aliphatic hydroxyl groups excluding tert-OH is 1. The number of hydrogen-bond donors (Lipinski definition) is 2. The zero-order chi connectivity index (χ0) is 24.7. The number of nitrogens with two attached hydrogens (primary N) is 1. The van der Waals surface area contributed by atoms with Gasteiger partial charge < -0.3 is 15.7 Å². The summed E-state index contributed by atoms with van der Waals surface area (Å²) in [6.45, 7) is 3.87. The van der Waals surface area contributed by atoms with Crippen molar-refractivity contribution in [2.45, 2.75) is 38.7 Å². The van der Waals surface area contributed by atoms with E-state index in [9.17, 15) is 14.7 Å². The quantitative estimate of drug-likeness (QED) is 0.405. The van der Waals surface area contributed by atoms with E-state index in [4.69, 9.17) is 10.7 Å². The summed E-state index contributed by atoms with van der Waals surface area (Å²) in [4.78, 5) is 39.7. The number of ketones is 1. The van der Waals surface area contributed by atoms with Crippen molar-refractivity contribution in [2.75, 3.05) is 18.8 Å². The lowest BCUT2D eigenvalue weighted by molar-refractivity contribution is -0.140. The third kappa shape index (κ3) is 4.01. The fraction of sp³-hybridized carbons (Fsp3) is 0.348. The van der Waals surface area contributed by atoms with E-state index in [2.05, 4.69) is 20.2 Å². The van der Waals surface area contributed by atoms with Crippen molar-refractivity contribution in [3.05, 3.63) is 48.4 Å². The zero-order valence-corrected chi connectivity index (χ0v) is 19.4. The number of aromatic nitrogens is 7. The number of aliphatic hydroxyl groups is 1. The Morgan fingerprint density at radius 1 is 1.17 bits per heavy atom. The fourth-order valence-corrected chi connectivity index (χ4v) is 4.54. The average Bonchev–Trinajstić information content (AvgIpc) is 3.54. The third-order valence-corrected chi connectivity index (χ3v) is 6.33. The summed E-state index contributed by atoms with van der Waals surface area (Å²) in [5, 5.41) is 18.1. The summed E-state index contributed by atoms with van der Waals surface area (Å²) in [6, 6.07) is 3.70. The second kappa shape index (κ2) is 8.87. The van der Waals surface area contributed by atoms with E-state index < -0.39 is 6.10 Å².